The van der Waals surface area contributed by atoms with Crippen LogP contribution in [0.15, 0.2) is 24.3 Å². The number of rotatable bonds is 4. The second kappa shape index (κ2) is 5.28. The minimum Gasteiger partial charge on any atom is -0.371 e. The maximum atomic E-state index is 13.0. The standard InChI is InChI=1S/C15H19F3N2/c16-15(17,18)13-3-1-2-4-14(13)20-8-7-11(10-20)9-19-12-5-6-12/h1-4,11-12,19H,5-10H2. The molecular formula is C15H19F3N2. The molecule has 1 aromatic carbocycles. The van der Waals surface area contributed by atoms with Crippen molar-refractivity contribution < 1.29 is 13.2 Å². The van der Waals surface area contributed by atoms with Crippen LogP contribution >= 0.6 is 0 Å². The van der Waals surface area contributed by atoms with E-state index in [2.05, 4.69) is 5.32 Å². The lowest BCUT2D eigenvalue weighted by Crippen LogP contribution is -2.28. The number of alkyl halides is 3. The van der Waals surface area contributed by atoms with Crippen LogP contribution in [0.25, 0.3) is 0 Å². The predicted octanol–water partition coefficient (Wildman–Crippen LogP) is 3.28. The van der Waals surface area contributed by atoms with Crippen molar-refractivity contribution in [3.05, 3.63) is 29.8 Å². The quantitative estimate of drug-likeness (QED) is 0.912. The molecule has 0 aromatic heterocycles. The van der Waals surface area contributed by atoms with Gasteiger partial charge in [0.25, 0.3) is 0 Å². The highest BCUT2D eigenvalue weighted by Crippen LogP contribution is 2.38. The normalized spacial score (nSPS) is 23.4. The highest BCUT2D eigenvalue weighted by molar-refractivity contribution is 5.55. The summed E-state index contributed by atoms with van der Waals surface area (Å²) < 4.78 is 39.1. The number of hydrogen-bond acceptors (Lipinski definition) is 2. The van der Waals surface area contributed by atoms with E-state index in [-0.39, 0.29) is 0 Å². The molecule has 1 N–H and O–H groups in total. The second-order valence-corrected chi connectivity index (χ2v) is 5.80. The Morgan fingerprint density at radius 1 is 1.15 bits per heavy atom. The van der Waals surface area contributed by atoms with Crippen molar-refractivity contribution in [2.45, 2.75) is 31.5 Å². The third-order valence-electron chi connectivity index (χ3n) is 4.11. The Balaban J connectivity index is 1.67. The highest BCUT2D eigenvalue weighted by Gasteiger charge is 2.36. The zero-order chi connectivity index (χ0) is 14.2. The molecule has 3 rings (SSSR count). The van der Waals surface area contributed by atoms with Crippen LogP contribution in [0.2, 0.25) is 0 Å². The molecule has 1 unspecified atom stereocenters. The van der Waals surface area contributed by atoms with Crippen LogP contribution in [-0.4, -0.2) is 25.7 Å². The summed E-state index contributed by atoms with van der Waals surface area (Å²) in [6.45, 7) is 2.35. The van der Waals surface area contributed by atoms with Crippen LogP contribution in [-0.2, 0) is 6.18 Å². The molecule has 1 saturated carbocycles. The maximum Gasteiger partial charge on any atom is 0.418 e. The summed E-state index contributed by atoms with van der Waals surface area (Å²) in [4.78, 5) is 1.88. The molecule has 1 aliphatic heterocycles. The summed E-state index contributed by atoms with van der Waals surface area (Å²) in [5, 5.41) is 3.47. The number of benzene rings is 1. The van der Waals surface area contributed by atoms with Gasteiger partial charge in [-0.25, -0.2) is 0 Å². The number of halogens is 3. The molecule has 110 valence electrons. The van der Waals surface area contributed by atoms with Gasteiger partial charge in [0.2, 0.25) is 0 Å². The highest BCUT2D eigenvalue weighted by atomic mass is 19.4. The van der Waals surface area contributed by atoms with E-state index >= 15 is 0 Å². The molecule has 1 atom stereocenters. The molecule has 2 nitrogen and oxygen atoms in total. The van der Waals surface area contributed by atoms with Gasteiger partial charge in [-0.2, -0.15) is 13.2 Å². The molecule has 1 saturated heterocycles. The molecule has 0 radical (unpaired) electrons. The summed E-state index contributed by atoms with van der Waals surface area (Å²) >= 11 is 0. The lowest BCUT2D eigenvalue weighted by Gasteiger charge is -2.23. The third kappa shape index (κ3) is 3.08. The second-order valence-electron chi connectivity index (χ2n) is 5.80. The Labute approximate surface area is 117 Å². The zero-order valence-electron chi connectivity index (χ0n) is 11.3. The van der Waals surface area contributed by atoms with Crippen molar-refractivity contribution in [3.63, 3.8) is 0 Å². The molecular weight excluding hydrogens is 265 g/mol. The van der Waals surface area contributed by atoms with Gasteiger partial charge >= 0.3 is 6.18 Å². The molecule has 2 aliphatic rings. The van der Waals surface area contributed by atoms with E-state index < -0.39 is 11.7 Å². The van der Waals surface area contributed by atoms with Crippen LogP contribution in [0, 0.1) is 5.92 Å². The van der Waals surface area contributed by atoms with Crippen LogP contribution in [0.4, 0.5) is 18.9 Å². The maximum absolute atomic E-state index is 13.0. The van der Waals surface area contributed by atoms with Crippen molar-refractivity contribution >= 4 is 5.69 Å². The van der Waals surface area contributed by atoms with Crippen molar-refractivity contribution in [2.75, 3.05) is 24.5 Å². The molecule has 2 fully saturated rings. The lowest BCUT2D eigenvalue weighted by molar-refractivity contribution is -0.137. The Hall–Kier alpha value is -1.23. The van der Waals surface area contributed by atoms with Gasteiger partial charge in [-0.05, 0) is 43.9 Å². The fraction of sp³-hybridized carbons (Fsp3) is 0.600. The first kappa shape index (κ1) is 13.7. The van der Waals surface area contributed by atoms with Crippen molar-refractivity contribution in [3.8, 4) is 0 Å². The molecule has 0 amide bonds. The third-order valence-corrected chi connectivity index (χ3v) is 4.11. The molecule has 0 bridgehead atoms. The monoisotopic (exact) mass is 284 g/mol. The first-order valence-electron chi connectivity index (χ1n) is 7.18. The Morgan fingerprint density at radius 3 is 2.60 bits per heavy atom. The number of nitrogens with one attached hydrogen (secondary N) is 1. The Morgan fingerprint density at radius 2 is 1.90 bits per heavy atom. The van der Waals surface area contributed by atoms with Crippen LogP contribution in [0.3, 0.4) is 0 Å². The van der Waals surface area contributed by atoms with E-state index in [4.69, 9.17) is 0 Å². The molecule has 0 spiro atoms. The van der Waals surface area contributed by atoms with Gasteiger partial charge in [0.15, 0.2) is 0 Å². The van der Waals surface area contributed by atoms with Gasteiger partial charge in [0.1, 0.15) is 0 Å². The van der Waals surface area contributed by atoms with E-state index in [1.165, 1.54) is 25.0 Å². The first-order valence-corrected chi connectivity index (χ1v) is 7.18. The summed E-state index contributed by atoms with van der Waals surface area (Å²) in [5.41, 5.74) is -0.190. The van der Waals surface area contributed by atoms with Gasteiger partial charge in [0.05, 0.1) is 5.56 Å². The predicted molar refractivity (Wildman–Crippen MR) is 72.8 cm³/mol. The summed E-state index contributed by atoms with van der Waals surface area (Å²) in [6.07, 6.45) is -0.826. The summed E-state index contributed by atoms with van der Waals surface area (Å²) in [6, 6.07) is 6.55. The van der Waals surface area contributed by atoms with Crippen molar-refractivity contribution in [1.29, 1.82) is 0 Å². The molecule has 1 heterocycles. The average Bonchev–Trinajstić information content (AvgIpc) is 3.12. The van der Waals surface area contributed by atoms with E-state index in [1.54, 1.807) is 12.1 Å². The van der Waals surface area contributed by atoms with Crippen LogP contribution < -0.4 is 10.2 Å². The number of hydrogen-bond donors (Lipinski definition) is 1. The molecule has 1 aliphatic carbocycles. The van der Waals surface area contributed by atoms with E-state index in [9.17, 15) is 13.2 Å². The largest absolute Gasteiger partial charge is 0.418 e. The van der Waals surface area contributed by atoms with Gasteiger partial charge < -0.3 is 10.2 Å². The molecule has 20 heavy (non-hydrogen) atoms. The number of anilines is 1. The fourth-order valence-electron chi connectivity index (χ4n) is 2.83. The number of nitrogens with zero attached hydrogens (tertiary/aromatic N) is 1. The number of para-hydroxylation sites is 1. The fourth-order valence-corrected chi connectivity index (χ4v) is 2.83. The van der Waals surface area contributed by atoms with E-state index in [1.807, 2.05) is 4.90 Å². The average molecular weight is 284 g/mol. The van der Waals surface area contributed by atoms with Gasteiger partial charge in [0, 0.05) is 24.8 Å². The van der Waals surface area contributed by atoms with Gasteiger partial charge in [-0.3, -0.25) is 0 Å². The van der Waals surface area contributed by atoms with Crippen molar-refractivity contribution in [1.82, 2.24) is 5.32 Å². The summed E-state index contributed by atoms with van der Waals surface area (Å²) in [7, 11) is 0. The minimum atomic E-state index is -4.28. The Kier molecular flexibility index (Phi) is 3.63. The van der Waals surface area contributed by atoms with Crippen LogP contribution in [0.5, 0.6) is 0 Å². The van der Waals surface area contributed by atoms with Crippen molar-refractivity contribution in [2.24, 2.45) is 5.92 Å². The SMILES string of the molecule is FC(F)(F)c1ccccc1N1CCC(CNC2CC2)C1. The summed E-state index contributed by atoms with van der Waals surface area (Å²) in [5.74, 6) is 0.455. The Bertz CT molecular complexity index is 468. The van der Waals surface area contributed by atoms with E-state index in [0.717, 1.165) is 13.0 Å². The topological polar surface area (TPSA) is 15.3 Å². The minimum absolute atomic E-state index is 0.328. The van der Waals surface area contributed by atoms with E-state index in [0.29, 0.717) is 30.7 Å². The lowest BCUT2D eigenvalue weighted by atomic mass is 10.1. The molecule has 5 heteroatoms. The smallest absolute Gasteiger partial charge is 0.371 e. The van der Waals surface area contributed by atoms with Gasteiger partial charge in [-0.15, -0.1) is 0 Å². The van der Waals surface area contributed by atoms with Crippen LogP contribution in [0.1, 0.15) is 24.8 Å². The zero-order valence-corrected chi connectivity index (χ0v) is 11.3. The van der Waals surface area contributed by atoms with Gasteiger partial charge in [-0.1, -0.05) is 12.1 Å². The molecule has 1 aromatic rings. The first-order chi connectivity index (χ1) is 9.54.